The minimum atomic E-state index is -5.19. The van der Waals surface area contributed by atoms with Crippen LogP contribution < -0.4 is 28.3 Å². The van der Waals surface area contributed by atoms with Gasteiger partial charge < -0.3 is 28.4 Å². The first kappa shape index (κ1) is 80.0. The molecule has 0 spiro atoms. The summed E-state index contributed by atoms with van der Waals surface area (Å²) in [6, 6.07) is 13.7. The summed E-state index contributed by atoms with van der Waals surface area (Å²) >= 11 is 34.8. The van der Waals surface area contributed by atoms with Crippen LogP contribution in [0.25, 0.3) is 0 Å². The molecule has 30 nitrogen and oxygen atoms in total. The van der Waals surface area contributed by atoms with Gasteiger partial charge in [0.1, 0.15) is 66.3 Å². The van der Waals surface area contributed by atoms with Crippen LogP contribution in [-0.2, 0) is 117 Å². The summed E-state index contributed by atoms with van der Waals surface area (Å²) in [5.74, 6) is -11.9. The fourth-order valence-electron chi connectivity index (χ4n) is 11.3. The summed E-state index contributed by atoms with van der Waals surface area (Å²) in [4.78, 5) is 73.6. The molecule has 6 atom stereocenters. The Labute approximate surface area is 866 Å². The number of benzene rings is 6. The highest BCUT2D eigenvalue weighted by Crippen LogP contribution is 2.39. The van der Waals surface area contributed by atoms with E-state index in [4.69, 9.17) is 130 Å². The number of carbonyl (C=O) groups excluding carboxylic acids is 6. The second-order valence-corrected chi connectivity index (χ2v) is 39.5. The van der Waals surface area contributed by atoms with Crippen LogP contribution in [0.2, 0.25) is 30.1 Å². The van der Waals surface area contributed by atoms with Crippen LogP contribution in [0.5, 0.6) is 0 Å². The van der Waals surface area contributed by atoms with E-state index in [1.54, 1.807) is 0 Å². The van der Waals surface area contributed by atoms with Gasteiger partial charge >= 0.3 is 35.8 Å². The molecule has 6 N–H and O–H groups in total. The summed E-state index contributed by atoms with van der Waals surface area (Å²) in [5, 5.41) is -18.1. The molecule has 0 heterocycles. The number of ether oxygens (including phenoxy) is 6. The van der Waals surface area contributed by atoms with E-state index >= 15 is 0 Å². The maximum atomic E-state index is 13.2. The van der Waals surface area contributed by atoms with Crippen molar-refractivity contribution in [2.24, 2.45) is 0 Å². The fraction of sp³-hybridized carbons (Fsp3) is 0.400. The van der Waals surface area contributed by atoms with Gasteiger partial charge in [0.15, 0.2) is 0 Å². The first-order valence-corrected chi connectivity index (χ1v) is 51.2. The van der Waals surface area contributed by atoms with Gasteiger partial charge in [0.2, 0.25) is 60.1 Å². The number of sulfonamides is 6. The Kier molecular flexibility index (Phi) is 31.2. The van der Waals surface area contributed by atoms with Crippen LogP contribution in [0.1, 0.15) is 194 Å². The van der Waals surface area contributed by atoms with E-state index in [-0.39, 0.29) is 124 Å². The van der Waals surface area contributed by atoms with E-state index in [2.05, 4.69) is 9.46 Å². The molecule has 0 unspecified atom stereocenters. The lowest BCUT2D eigenvalue weighted by atomic mass is 9.99. The highest BCUT2D eigenvalue weighted by molar-refractivity contribution is 7.95. The van der Waals surface area contributed by atoms with E-state index in [9.17, 15) is 106 Å². The van der Waals surface area contributed by atoms with Gasteiger partial charge in [-0.05, 0) is 266 Å². The van der Waals surface area contributed by atoms with Crippen LogP contribution in [-0.4, -0.2) is 157 Å². The van der Waals surface area contributed by atoms with Gasteiger partial charge in [0, 0.05) is 27.4 Å². The van der Waals surface area contributed by atoms with E-state index in [1.165, 1.54) is 41.5 Å². The summed E-state index contributed by atoms with van der Waals surface area (Å²) in [5.41, 5.74) is -6.85. The number of rotatable bonds is 30. The Morgan fingerprint density at radius 1 is 0.304 bits per heavy atom. The summed E-state index contributed by atoms with van der Waals surface area (Å²) < 4.78 is 491. The third kappa shape index (κ3) is 33.8. The lowest BCUT2D eigenvalue weighted by Gasteiger charge is -2.24. The molecule has 48 heteroatoms. The first-order valence-electron chi connectivity index (χ1n) is 53.3. The van der Waals surface area contributed by atoms with Crippen molar-refractivity contribution in [2.75, 3.05) is 68.0 Å². The Morgan fingerprint density at radius 2 is 0.536 bits per heavy atom. The molecule has 0 saturated heterocycles. The van der Waals surface area contributed by atoms with Crippen molar-refractivity contribution >= 4 is 200 Å². The fourth-order valence-corrected chi connectivity index (χ4v) is 20.9. The van der Waals surface area contributed by atoms with E-state index in [0.717, 1.165) is 115 Å². The Hall–Kier alpha value is -9.60. The molecule has 0 aromatic heterocycles. The molecule has 6 aliphatic carbocycles. The zero-order valence-electron chi connectivity index (χ0n) is 99.5. The molecule has 12 rings (SSSR count). The number of allylic oxidation sites excluding steroid dienone is 6. The number of carbonyl (C=O) groups is 6. The highest BCUT2D eigenvalue weighted by atomic mass is 35.5. The average molecular weight is 2200 g/mol. The molecule has 6 aromatic rings. The zero-order valence-corrected chi connectivity index (χ0v) is 81.9. The molecular formula is C90H102Cl6F6N6O24S6. The lowest BCUT2D eigenvalue weighted by molar-refractivity contribution is -0.139. The van der Waals surface area contributed by atoms with Crippen molar-refractivity contribution in [3.8, 4) is 0 Å². The van der Waals surface area contributed by atoms with Gasteiger partial charge in [-0.1, -0.05) is 106 Å². The zero-order chi connectivity index (χ0) is 126. The summed E-state index contributed by atoms with van der Waals surface area (Å²) in [7, 11) is -29.2. The van der Waals surface area contributed by atoms with Crippen molar-refractivity contribution < 1.29 is 171 Å². The van der Waals surface area contributed by atoms with Gasteiger partial charge in [0.25, 0.3) is 0 Å². The Morgan fingerprint density at radius 3 is 0.862 bits per heavy atom. The number of nitrogens with one attached hydrogen (secondary N) is 6. The standard InChI is InChI=1S/6C15H17ClFNO4S/c6*1-2-22-15(19)11-5-3-4-6-14(11)23(20,21)18-13-8-7-10(17)9-12(13)16/h6*5,7-9,14,18H,2-4,6H2,1H3/t6*14-/m111111/s1/i3D2,5D,6D2,14D;5D,6D2,14D;3D2,6D2,14D;3D2,5D,6D2;5D,6D2;4D2,6D2. The van der Waals surface area contributed by atoms with Crippen LogP contribution in [0.4, 0.5) is 60.5 Å². The second-order valence-electron chi connectivity index (χ2n) is 26.9. The molecule has 0 saturated carbocycles. The van der Waals surface area contributed by atoms with Crippen molar-refractivity contribution in [2.45, 2.75) is 188 Å². The first-order chi connectivity index (χ1) is 75.2. The van der Waals surface area contributed by atoms with Crippen LogP contribution in [0.3, 0.4) is 0 Å². The number of hydrogen-bond donors (Lipinski definition) is 6. The Bertz CT molecular complexity index is 7840. The van der Waals surface area contributed by atoms with E-state index < -0.39 is 315 Å². The van der Waals surface area contributed by atoms with E-state index in [0.29, 0.717) is 6.08 Å². The minimum absolute atomic E-state index is 0.0530. The monoisotopic (exact) mass is 2190 g/mol. The molecule has 0 radical (unpaired) electrons. The maximum Gasteiger partial charge on any atom is 0.335 e. The number of anilines is 6. The predicted octanol–water partition coefficient (Wildman–Crippen LogP) is 19.6. The number of esters is 6. The molecule has 0 amide bonds. The summed E-state index contributed by atoms with van der Waals surface area (Å²) in [6.45, 7) is 7.73. The quantitative estimate of drug-likeness (QED) is 0.0139. The molecule has 138 heavy (non-hydrogen) atoms. The third-order valence-corrected chi connectivity index (χ3v) is 27.7. The van der Waals surface area contributed by atoms with Crippen LogP contribution in [0.15, 0.2) is 179 Å². The van der Waals surface area contributed by atoms with Gasteiger partial charge in [0.05, 0.1) is 147 Å². The van der Waals surface area contributed by atoms with Crippen molar-refractivity contribution in [1.82, 2.24) is 0 Å². The minimum Gasteiger partial charge on any atom is -0.463 e. The van der Waals surface area contributed by atoms with Gasteiger partial charge in [-0.15, -0.1) is 0 Å². The predicted molar refractivity (Wildman–Crippen MR) is 518 cm³/mol. The molecule has 6 aliphatic rings. The smallest absolute Gasteiger partial charge is 0.335 e. The van der Waals surface area contributed by atoms with E-state index in [1.807, 2.05) is 23.6 Å². The normalized spacial score (nSPS) is 26.6. The van der Waals surface area contributed by atoms with Crippen molar-refractivity contribution in [1.29, 1.82) is 0 Å². The second kappa shape index (κ2) is 53.9. The third-order valence-electron chi connectivity index (χ3n) is 17.2. The molecular weight excluding hydrogens is 2070 g/mol. The molecule has 756 valence electrons. The van der Waals surface area contributed by atoms with Gasteiger partial charge in [-0.2, -0.15) is 0 Å². The average Bonchev–Trinajstić information content (AvgIpc) is 0.697. The number of hydrogen-bond acceptors (Lipinski definition) is 24. The number of halogens is 12. The molecule has 0 fully saturated rings. The molecule has 0 bridgehead atoms. The SMILES string of the molecule is [2H]C1([2H])C=C(C(=O)OCC)[C@]([2H])(S(=O)(=O)Nc2ccc(F)cc2Cl)C([2H])([2H])C1.[2H]C1([2H])CC=C(C(=O)OCC)[C@H](S(=O)(=O)Nc2ccc(F)cc2Cl)C1([2H])[2H].[2H]C1=C(C(=O)OCC)[C@H](S(=O)(=O)Nc2ccc(F)cc2Cl)C([2H])([2H])CC1.[2H]C1=C(C(=O)OCC)[C@H](S(=O)(=O)Nc2ccc(F)cc2Cl)C([2H])([2H])CC1([2H])[2H].[2H]C1=C(C(=O)OCC)[C@]([2H])(S(=O)(=O)Nc2ccc(F)cc2Cl)C([2H])([2H])CC1.[2H]C1=C(C(=O)OCC)[C@]([2H])(S(=O)(=O)Nc2ccc(F)cc2Cl)C([2H])([2H])CC1([2H])[2H]. The summed E-state index contributed by atoms with van der Waals surface area (Å²) in [6.07, 6.45) is -30.2. The van der Waals surface area contributed by atoms with Crippen molar-refractivity contribution in [3.05, 3.63) is 244 Å². The van der Waals surface area contributed by atoms with Crippen LogP contribution in [0, 0.1) is 34.9 Å². The maximum absolute atomic E-state index is 13.2. The largest absolute Gasteiger partial charge is 0.463 e. The topological polar surface area (TPSA) is 435 Å². The lowest BCUT2D eigenvalue weighted by Crippen LogP contribution is -2.34. The van der Waals surface area contributed by atoms with Crippen molar-refractivity contribution in [3.63, 3.8) is 0 Å². The highest BCUT2D eigenvalue weighted by Gasteiger charge is 2.42. The van der Waals surface area contributed by atoms with Crippen LogP contribution >= 0.6 is 69.6 Å². The van der Waals surface area contributed by atoms with Gasteiger partial charge in [-0.25, -0.2) is 106 Å². The molecule has 6 aromatic carbocycles. The van der Waals surface area contributed by atoms with Gasteiger partial charge in [-0.3, -0.25) is 28.3 Å². The molecule has 0 aliphatic heterocycles. The Balaban J connectivity index is 0.000000266.